The average Bonchev–Trinajstić information content (AvgIpc) is 2.21. The van der Waals surface area contributed by atoms with Crippen molar-refractivity contribution in [1.82, 2.24) is 0 Å². The molecule has 0 radical (unpaired) electrons. The maximum Gasteiger partial charge on any atom is 0.457 e. The lowest BCUT2D eigenvalue weighted by atomic mass is 9.83. The minimum absolute atomic E-state index is 2.17. The summed E-state index contributed by atoms with van der Waals surface area (Å²) in [5.74, 6) is -34.1. The van der Waals surface area contributed by atoms with E-state index in [-0.39, 0.29) is 0 Å². The monoisotopic (exact) mass is 344 g/mol. The summed E-state index contributed by atoms with van der Waals surface area (Å²) in [6.07, 6.45) is -9.14. The number of allylic oxidation sites excluding steroid dienone is 2. The molecule has 0 unspecified atom stereocenters. The second-order valence-corrected chi connectivity index (χ2v) is 3.98. The van der Waals surface area contributed by atoms with Crippen LogP contribution in [0.5, 0.6) is 0 Å². The minimum Gasteiger partial charge on any atom is -0.195 e. The van der Waals surface area contributed by atoms with Gasteiger partial charge in [0.2, 0.25) is 0 Å². The molecule has 0 saturated heterocycles. The van der Waals surface area contributed by atoms with Gasteiger partial charge in [0.25, 0.3) is 0 Å². The molecule has 0 N–H and O–H groups in total. The van der Waals surface area contributed by atoms with Crippen LogP contribution in [0.3, 0.4) is 0 Å². The SMILES string of the molecule is FC(F)(F)C(F)(F)C1=CC(F)(F)C(F)(F)C(F)(F)C1(F)F. The summed E-state index contributed by atoms with van der Waals surface area (Å²) in [6.45, 7) is 0. The Kier molecular flexibility index (Phi) is 3.38. The third kappa shape index (κ3) is 1.99. The van der Waals surface area contributed by atoms with Gasteiger partial charge < -0.3 is 0 Å². The fourth-order valence-corrected chi connectivity index (χ4v) is 1.38. The van der Waals surface area contributed by atoms with Crippen LogP contribution in [0.1, 0.15) is 0 Å². The van der Waals surface area contributed by atoms with E-state index >= 15 is 0 Å². The molecule has 0 heterocycles. The second-order valence-electron chi connectivity index (χ2n) is 3.98. The van der Waals surface area contributed by atoms with Gasteiger partial charge in [0.05, 0.1) is 5.57 Å². The first-order valence-corrected chi connectivity index (χ1v) is 4.53. The quantitative estimate of drug-likeness (QED) is 0.479. The van der Waals surface area contributed by atoms with Gasteiger partial charge >= 0.3 is 35.8 Å². The van der Waals surface area contributed by atoms with E-state index in [9.17, 15) is 57.1 Å². The molecule has 0 atom stereocenters. The highest BCUT2D eigenvalue weighted by Gasteiger charge is 2.87. The Morgan fingerprint density at radius 3 is 1.38 bits per heavy atom. The lowest BCUT2D eigenvalue weighted by Crippen LogP contribution is -2.68. The van der Waals surface area contributed by atoms with Gasteiger partial charge in [-0.15, -0.1) is 0 Å². The predicted molar refractivity (Wildman–Crippen MR) is 38.9 cm³/mol. The van der Waals surface area contributed by atoms with Gasteiger partial charge in [0.15, 0.2) is 0 Å². The summed E-state index contributed by atoms with van der Waals surface area (Å²) in [5.41, 5.74) is -4.14. The second kappa shape index (κ2) is 3.97. The third-order valence-corrected chi connectivity index (χ3v) is 2.57. The zero-order valence-corrected chi connectivity index (χ0v) is 8.99. The van der Waals surface area contributed by atoms with Crippen molar-refractivity contribution < 1.29 is 57.1 Å². The Morgan fingerprint density at radius 2 is 1.05 bits per heavy atom. The maximum atomic E-state index is 12.9. The number of rotatable bonds is 1. The number of hydrogen-bond donors (Lipinski definition) is 0. The molecule has 0 aromatic heterocycles. The molecular formula is C8HF13. The molecule has 0 aliphatic heterocycles. The normalized spacial score (nSPS) is 27.2. The van der Waals surface area contributed by atoms with Crippen molar-refractivity contribution in [2.24, 2.45) is 0 Å². The summed E-state index contributed by atoms with van der Waals surface area (Å²) >= 11 is 0. The van der Waals surface area contributed by atoms with Gasteiger partial charge in [-0.3, -0.25) is 0 Å². The van der Waals surface area contributed by atoms with Crippen LogP contribution >= 0.6 is 0 Å². The van der Waals surface area contributed by atoms with Crippen LogP contribution in [-0.4, -0.2) is 35.8 Å². The van der Waals surface area contributed by atoms with E-state index in [1.165, 1.54) is 0 Å². The number of hydrogen-bond acceptors (Lipinski definition) is 0. The zero-order valence-electron chi connectivity index (χ0n) is 8.99. The molecule has 0 bridgehead atoms. The summed E-state index contributed by atoms with van der Waals surface area (Å²) in [7, 11) is 0. The van der Waals surface area contributed by atoms with E-state index < -0.39 is 47.4 Å². The first-order chi connectivity index (χ1) is 8.84. The van der Waals surface area contributed by atoms with Crippen molar-refractivity contribution in [2.45, 2.75) is 35.8 Å². The predicted octanol–water partition coefficient (Wildman–Crippen LogP) is 4.67. The van der Waals surface area contributed by atoms with E-state index in [1.54, 1.807) is 0 Å². The zero-order chi connectivity index (χ0) is 17.3. The number of alkyl halides is 13. The fraction of sp³-hybridized carbons (Fsp3) is 0.750. The van der Waals surface area contributed by atoms with E-state index in [4.69, 9.17) is 0 Å². The molecule has 0 aromatic carbocycles. The van der Waals surface area contributed by atoms with Crippen molar-refractivity contribution >= 4 is 0 Å². The van der Waals surface area contributed by atoms with Gasteiger partial charge in [-0.2, -0.15) is 57.1 Å². The smallest absolute Gasteiger partial charge is 0.195 e. The Morgan fingerprint density at radius 1 is 0.667 bits per heavy atom. The molecule has 1 aliphatic carbocycles. The van der Waals surface area contributed by atoms with Crippen molar-refractivity contribution in [1.29, 1.82) is 0 Å². The van der Waals surface area contributed by atoms with Crippen LogP contribution in [0.4, 0.5) is 57.1 Å². The van der Waals surface area contributed by atoms with Crippen molar-refractivity contribution in [2.75, 3.05) is 0 Å². The maximum absolute atomic E-state index is 12.9. The van der Waals surface area contributed by atoms with Crippen LogP contribution in [0, 0.1) is 0 Å². The Bertz CT molecular complexity index is 465. The van der Waals surface area contributed by atoms with Crippen LogP contribution in [0.25, 0.3) is 0 Å². The molecule has 1 rings (SSSR count). The summed E-state index contributed by atoms with van der Waals surface area (Å²) in [6, 6.07) is 0. The molecule has 0 aromatic rings. The van der Waals surface area contributed by atoms with Crippen LogP contribution in [0.2, 0.25) is 0 Å². The summed E-state index contributed by atoms with van der Waals surface area (Å²) < 4.78 is 163. The van der Waals surface area contributed by atoms with Crippen LogP contribution in [-0.2, 0) is 0 Å². The topological polar surface area (TPSA) is 0 Å². The largest absolute Gasteiger partial charge is 0.457 e. The minimum atomic E-state index is -7.16. The van der Waals surface area contributed by atoms with Gasteiger partial charge in [0.1, 0.15) is 0 Å². The molecule has 0 nitrogen and oxygen atoms in total. The molecule has 124 valence electrons. The van der Waals surface area contributed by atoms with E-state index in [2.05, 4.69) is 0 Å². The Hall–Kier alpha value is -1.17. The summed E-state index contributed by atoms with van der Waals surface area (Å²) in [5, 5.41) is 0. The molecular weight excluding hydrogens is 343 g/mol. The van der Waals surface area contributed by atoms with Crippen LogP contribution in [0.15, 0.2) is 11.6 Å². The van der Waals surface area contributed by atoms with E-state index in [0.717, 1.165) is 0 Å². The van der Waals surface area contributed by atoms with Gasteiger partial charge in [-0.25, -0.2) is 0 Å². The molecule has 0 spiro atoms. The van der Waals surface area contributed by atoms with Crippen LogP contribution < -0.4 is 0 Å². The van der Waals surface area contributed by atoms with Gasteiger partial charge in [0, 0.05) is 6.08 Å². The molecule has 0 fully saturated rings. The average molecular weight is 344 g/mol. The van der Waals surface area contributed by atoms with Crippen molar-refractivity contribution in [3.8, 4) is 0 Å². The highest BCUT2D eigenvalue weighted by Crippen LogP contribution is 2.62. The highest BCUT2D eigenvalue weighted by molar-refractivity contribution is 5.37. The standard InChI is InChI=1S/C8HF13/c9-3(10)1-2(5(13,14)8(19,20)21)4(11,12)7(17,18)6(3,15)16/h1H. The van der Waals surface area contributed by atoms with Crippen molar-refractivity contribution in [3.63, 3.8) is 0 Å². The van der Waals surface area contributed by atoms with E-state index in [1.807, 2.05) is 0 Å². The Balaban J connectivity index is 3.72. The fourth-order valence-electron chi connectivity index (χ4n) is 1.38. The molecule has 21 heavy (non-hydrogen) atoms. The van der Waals surface area contributed by atoms with Crippen molar-refractivity contribution in [3.05, 3.63) is 11.6 Å². The molecule has 1 aliphatic rings. The van der Waals surface area contributed by atoms with Gasteiger partial charge in [-0.1, -0.05) is 0 Å². The van der Waals surface area contributed by atoms with E-state index in [0.29, 0.717) is 0 Å². The first-order valence-electron chi connectivity index (χ1n) is 4.53. The number of halogens is 13. The molecule has 0 amide bonds. The highest BCUT2D eigenvalue weighted by atomic mass is 19.4. The lowest BCUT2D eigenvalue weighted by molar-refractivity contribution is -0.368. The molecule has 13 heteroatoms. The first kappa shape index (κ1) is 17.9. The molecule has 0 saturated carbocycles. The van der Waals surface area contributed by atoms with Gasteiger partial charge in [-0.05, 0) is 0 Å². The Labute approximate surface area is 106 Å². The third-order valence-electron chi connectivity index (χ3n) is 2.57. The summed E-state index contributed by atoms with van der Waals surface area (Å²) in [4.78, 5) is 0. The lowest BCUT2D eigenvalue weighted by Gasteiger charge is -2.42.